The van der Waals surface area contributed by atoms with Crippen LogP contribution in [0.25, 0.3) is 0 Å². The molecule has 1 amide bonds. The van der Waals surface area contributed by atoms with Gasteiger partial charge in [-0.15, -0.1) is 0 Å². The first-order valence-electron chi connectivity index (χ1n) is 5.93. The Morgan fingerprint density at radius 3 is 2.58 bits per heavy atom. The summed E-state index contributed by atoms with van der Waals surface area (Å²) >= 11 is 3.28. The van der Waals surface area contributed by atoms with Crippen molar-refractivity contribution in [3.63, 3.8) is 0 Å². The average molecular weight is 329 g/mol. The van der Waals surface area contributed by atoms with Crippen LogP contribution in [0.2, 0.25) is 0 Å². The number of carbonyl (C=O) groups excluding carboxylic acids is 1. The molecule has 1 aromatic rings. The zero-order valence-corrected chi connectivity index (χ0v) is 12.5. The molecular weight excluding hydrogens is 312 g/mol. The van der Waals surface area contributed by atoms with Gasteiger partial charge in [0.1, 0.15) is 0 Å². The Balaban J connectivity index is 2.92. The SMILES string of the molecule is CCN(CC(C)C(=O)O)C(=O)c1ccc(Br)cc1N. The van der Waals surface area contributed by atoms with Gasteiger partial charge in [-0.05, 0) is 25.1 Å². The molecule has 0 aliphatic rings. The second-order valence-electron chi connectivity index (χ2n) is 4.31. The smallest absolute Gasteiger partial charge is 0.308 e. The molecule has 1 unspecified atom stereocenters. The van der Waals surface area contributed by atoms with E-state index >= 15 is 0 Å². The van der Waals surface area contributed by atoms with Crippen LogP contribution in [0.15, 0.2) is 22.7 Å². The number of hydrogen-bond donors (Lipinski definition) is 2. The topological polar surface area (TPSA) is 83.6 Å². The number of nitrogens with two attached hydrogens (primary N) is 1. The van der Waals surface area contributed by atoms with E-state index in [1.807, 2.05) is 6.92 Å². The van der Waals surface area contributed by atoms with Crippen LogP contribution >= 0.6 is 15.9 Å². The lowest BCUT2D eigenvalue weighted by atomic mass is 10.1. The molecule has 5 nitrogen and oxygen atoms in total. The Bertz CT molecular complexity index is 491. The number of aliphatic carboxylic acids is 1. The van der Waals surface area contributed by atoms with Crippen LogP contribution in [0.1, 0.15) is 24.2 Å². The van der Waals surface area contributed by atoms with Gasteiger partial charge in [-0.2, -0.15) is 0 Å². The summed E-state index contributed by atoms with van der Waals surface area (Å²) in [6, 6.07) is 5.02. The summed E-state index contributed by atoms with van der Waals surface area (Å²) in [7, 11) is 0. The fraction of sp³-hybridized carbons (Fsp3) is 0.385. The van der Waals surface area contributed by atoms with Crippen LogP contribution in [0.5, 0.6) is 0 Å². The number of rotatable bonds is 5. The van der Waals surface area contributed by atoms with Gasteiger partial charge in [-0.1, -0.05) is 22.9 Å². The summed E-state index contributed by atoms with van der Waals surface area (Å²) in [5.74, 6) is -1.78. The predicted octanol–water partition coefficient (Wildman–Crippen LogP) is 2.21. The zero-order chi connectivity index (χ0) is 14.6. The van der Waals surface area contributed by atoms with Crippen LogP contribution < -0.4 is 5.73 Å². The summed E-state index contributed by atoms with van der Waals surface area (Å²) in [5.41, 5.74) is 6.58. The van der Waals surface area contributed by atoms with Crippen molar-refractivity contribution in [1.82, 2.24) is 4.90 Å². The second kappa shape index (κ2) is 6.56. The lowest BCUT2D eigenvalue weighted by Crippen LogP contribution is -2.37. The van der Waals surface area contributed by atoms with E-state index in [0.717, 1.165) is 4.47 Å². The highest BCUT2D eigenvalue weighted by Gasteiger charge is 2.21. The maximum absolute atomic E-state index is 12.3. The third kappa shape index (κ3) is 3.96. The fourth-order valence-electron chi connectivity index (χ4n) is 1.66. The van der Waals surface area contributed by atoms with Gasteiger partial charge in [0.05, 0.1) is 11.5 Å². The molecule has 0 aliphatic carbocycles. The molecule has 19 heavy (non-hydrogen) atoms. The zero-order valence-electron chi connectivity index (χ0n) is 10.9. The minimum absolute atomic E-state index is 0.167. The average Bonchev–Trinajstić information content (AvgIpc) is 2.34. The lowest BCUT2D eigenvalue weighted by Gasteiger charge is -2.23. The summed E-state index contributed by atoms with van der Waals surface area (Å²) in [4.78, 5) is 24.6. The first-order valence-corrected chi connectivity index (χ1v) is 6.73. The number of hydrogen-bond acceptors (Lipinski definition) is 3. The lowest BCUT2D eigenvalue weighted by molar-refractivity contribution is -0.141. The van der Waals surface area contributed by atoms with Crippen molar-refractivity contribution >= 4 is 33.5 Å². The fourth-order valence-corrected chi connectivity index (χ4v) is 2.04. The highest BCUT2D eigenvalue weighted by molar-refractivity contribution is 9.10. The monoisotopic (exact) mass is 328 g/mol. The molecule has 0 saturated carbocycles. The highest BCUT2D eigenvalue weighted by Crippen LogP contribution is 2.20. The molecule has 0 saturated heterocycles. The minimum atomic E-state index is -0.921. The van der Waals surface area contributed by atoms with Gasteiger partial charge in [0.15, 0.2) is 0 Å². The summed E-state index contributed by atoms with van der Waals surface area (Å²) in [6.45, 7) is 3.98. The summed E-state index contributed by atoms with van der Waals surface area (Å²) < 4.78 is 0.795. The van der Waals surface area contributed by atoms with E-state index in [1.54, 1.807) is 25.1 Å². The molecule has 0 aromatic heterocycles. The normalized spacial score (nSPS) is 11.9. The molecular formula is C13H17BrN2O3. The molecule has 3 N–H and O–H groups in total. The Morgan fingerprint density at radius 2 is 2.11 bits per heavy atom. The molecule has 0 heterocycles. The van der Waals surface area contributed by atoms with Crippen LogP contribution in [0.4, 0.5) is 5.69 Å². The first-order chi connectivity index (χ1) is 8.86. The van der Waals surface area contributed by atoms with E-state index in [9.17, 15) is 9.59 Å². The molecule has 1 aromatic carbocycles. The first kappa shape index (κ1) is 15.5. The van der Waals surface area contributed by atoms with Gasteiger partial charge >= 0.3 is 5.97 Å². The Kier molecular flexibility index (Phi) is 5.35. The Labute approximate surface area is 120 Å². The second-order valence-corrected chi connectivity index (χ2v) is 5.23. The standard InChI is InChI=1S/C13H17BrN2O3/c1-3-16(7-8(2)13(18)19)12(17)10-5-4-9(14)6-11(10)15/h4-6,8H,3,7,15H2,1-2H3,(H,18,19). The van der Waals surface area contributed by atoms with Gasteiger partial charge in [0.2, 0.25) is 0 Å². The number of nitrogen functional groups attached to an aromatic ring is 1. The molecule has 6 heteroatoms. The molecule has 104 valence electrons. The third-order valence-electron chi connectivity index (χ3n) is 2.83. The van der Waals surface area contributed by atoms with Gasteiger partial charge in [0.25, 0.3) is 5.91 Å². The van der Waals surface area contributed by atoms with Gasteiger partial charge in [-0.3, -0.25) is 9.59 Å². The molecule has 1 atom stereocenters. The minimum Gasteiger partial charge on any atom is -0.481 e. The predicted molar refractivity (Wildman–Crippen MR) is 76.9 cm³/mol. The number of carboxylic acid groups (broad SMARTS) is 1. The van der Waals surface area contributed by atoms with Crippen LogP contribution in [0, 0.1) is 5.92 Å². The summed E-state index contributed by atoms with van der Waals surface area (Å²) in [6.07, 6.45) is 0. The van der Waals surface area contributed by atoms with Crippen molar-refractivity contribution in [1.29, 1.82) is 0 Å². The number of anilines is 1. The maximum atomic E-state index is 12.3. The van der Waals surface area contributed by atoms with Crippen molar-refractivity contribution in [2.45, 2.75) is 13.8 Å². The largest absolute Gasteiger partial charge is 0.481 e. The number of carboxylic acids is 1. The number of benzene rings is 1. The van der Waals surface area contributed by atoms with Crippen LogP contribution in [-0.4, -0.2) is 35.0 Å². The quantitative estimate of drug-likeness (QED) is 0.812. The third-order valence-corrected chi connectivity index (χ3v) is 3.32. The number of halogens is 1. The molecule has 0 radical (unpaired) electrons. The Hall–Kier alpha value is -1.56. The van der Waals surface area contributed by atoms with Crippen LogP contribution in [0.3, 0.4) is 0 Å². The van der Waals surface area contributed by atoms with E-state index in [0.29, 0.717) is 17.8 Å². The van der Waals surface area contributed by atoms with Crippen molar-refractivity contribution in [2.75, 3.05) is 18.8 Å². The summed E-state index contributed by atoms with van der Waals surface area (Å²) in [5, 5.41) is 8.90. The Morgan fingerprint density at radius 1 is 1.47 bits per heavy atom. The number of carbonyl (C=O) groups is 2. The molecule has 0 fully saturated rings. The number of nitrogens with zero attached hydrogens (tertiary/aromatic N) is 1. The molecule has 0 bridgehead atoms. The van der Waals surface area contributed by atoms with Crippen molar-refractivity contribution in [3.8, 4) is 0 Å². The van der Waals surface area contributed by atoms with Gasteiger partial charge < -0.3 is 15.7 Å². The maximum Gasteiger partial charge on any atom is 0.308 e. The van der Waals surface area contributed by atoms with Gasteiger partial charge in [0, 0.05) is 23.2 Å². The van der Waals surface area contributed by atoms with E-state index in [4.69, 9.17) is 10.8 Å². The molecule has 0 aliphatic heterocycles. The van der Waals surface area contributed by atoms with Crippen molar-refractivity contribution in [3.05, 3.63) is 28.2 Å². The van der Waals surface area contributed by atoms with E-state index < -0.39 is 11.9 Å². The molecule has 1 rings (SSSR count). The number of amides is 1. The van der Waals surface area contributed by atoms with E-state index in [-0.39, 0.29) is 12.5 Å². The van der Waals surface area contributed by atoms with Crippen molar-refractivity contribution < 1.29 is 14.7 Å². The van der Waals surface area contributed by atoms with Gasteiger partial charge in [-0.25, -0.2) is 0 Å². The van der Waals surface area contributed by atoms with Crippen LogP contribution in [-0.2, 0) is 4.79 Å². The van der Waals surface area contributed by atoms with E-state index in [2.05, 4.69) is 15.9 Å². The van der Waals surface area contributed by atoms with E-state index in [1.165, 1.54) is 4.90 Å². The van der Waals surface area contributed by atoms with Crippen molar-refractivity contribution in [2.24, 2.45) is 5.92 Å². The highest BCUT2D eigenvalue weighted by atomic mass is 79.9. The molecule has 0 spiro atoms.